The molecule has 5 nitrogen and oxygen atoms in total. The molecule has 2 aromatic carbocycles. The molecule has 1 heterocycles. The highest BCUT2D eigenvalue weighted by Gasteiger charge is 2.12. The van der Waals surface area contributed by atoms with E-state index in [1.807, 2.05) is 67.6 Å². The number of nitrogens with zero attached hydrogens (tertiary/aromatic N) is 3. The number of para-hydroxylation sites is 1. The second kappa shape index (κ2) is 9.13. The van der Waals surface area contributed by atoms with E-state index in [0.717, 1.165) is 34.9 Å². The van der Waals surface area contributed by atoms with Crippen molar-refractivity contribution >= 4 is 5.91 Å². The number of hydrogen-bond acceptors (Lipinski definition) is 4. The number of hydrogen-bond donors (Lipinski definition) is 0. The molecule has 0 atom stereocenters. The molecule has 0 spiro atoms. The number of benzene rings is 2. The van der Waals surface area contributed by atoms with Gasteiger partial charge in [0.1, 0.15) is 18.2 Å². The Morgan fingerprint density at radius 1 is 1.04 bits per heavy atom. The lowest BCUT2D eigenvalue weighted by molar-refractivity contribution is 0.0774. The van der Waals surface area contributed by atoms with Crippen LogP contribution in [0.2, 0.25) is 0 Å². The van der Waals surface area contributed by atoms with Gasteiger partial charge in [0.25, 0.3) is 5.91 Å². The van der Waals surface area contributed by atoms with Gasteiger partial charge >= 0.3 is 0 Å². The molecular formula is C23H25N3O2. The summed E-state index contributed by atoms with van der Waals surface area (Å²) >= 11 is 0. The highest BCUT2D eigenvalue weighted by molar-refractivity contribution is 5.94. The van der Waals surface area contributed by atoms with Crippen LogP contribution >= 0.6 is 0 Å². The van der Waals surface area contributed by atoms with Gasteiger partial charge in [-0.05, 0) is 43.7 Å². The molecule has 0 fully saturated rings. The van der Waals surface area contributed by atoms with Crippen molar-refractivity contribution in [2.75, 3.05) is 20.2 Å². The van der Waals surface area contributed by atoms with E-state index < -0.39 is 0 Å². The molecule has 0 aliphatic carbocycles. The number of rotatable bonds is 7. The normalized spacial score (nSPS) is 10.5. The van der Waals surface area contributed by atoms with E-state index in [9.17, 15) is 4.79 Å². The van der Waals surface area contributed by atoms with Gasteiger partial charge in [0, 0.05) is 23.9 Å². The van der Waals surface area contributed by atoms with Crippen LogP contribution < -0.4 is 4.74 Å². The monoisotopic (exact) mass is 375 g/mol. The van der Waals surface area contributed by atoms with Crippen molar-refractivity contribution in [3.63, 3.8) is 0 Å². The van der Waals surface area contributed by atoms with Crippen LogP contribution in [-0.2, 0) is 6.42 Å². The predicted molar refractivity (Wildman–Crippen MR) is 110 cm³/mol. The SMILES string of the molecule is CCc1cc(-c2ccc(C(=O)N(C)CCOc3ccccc3)cc2)nc(C)n1. The zero-order valence-corrected chi connectivity index (χ0v) is 16.6. The van der Waals surface area contributed by atoms with E-state index >= 15 is 0 Å². The minimum absolute atomic E-state index is 0.0312. The van der Waals surface area contributed by atoms with Crippen LogP contribution in [0.1, 0.15) is 28.8 Å². The van der Waals surface area contributed by atoms with Crippen molar-refractivity contribution in [2.24, 2.45) is 0 Å². The fourth-order valence-corrected chi connectivity index (χ4v) is 2.88. The average molecular weight is 375 g/mol. The van der Waals surface area contributed by atoms with E-state index in [2.05, 4.69) is 16.9 Å². The van der Waals surface area contributed by atoms with E-state index in [4.69, 9.17) is 4.74 Å². The standard InChI is InChI=1S/C23H25N3O2/c1-4-20-16-22(25-17(2)24-20)18-10-12-19(13-11-18)23(27)26(3)14-15-28-21-8-6-5-7-9-21/h5-13,16H,4,14-15H2,1-3H3. The molecule has 0 bridgehead atoms. The summed E-state index contributed by atoms with van der Waals surface area (Å²) in [4.78, 5) is 23.2. The zero-order chi connectivity index (χ0) is 19.9. The fourth-order valence-electron chi connectivity index (χ4n) is 2.88. The molecule has 0 N–H and O–H groups in total. The molecule has 1 amide bonds. The number of amides is 1. The number of aromatic nitrogens is 2. The van der Waals surface area contributed by atoms with E-state index in [1.165, 1.54) is 0 Å². The lowest BCUT2D eigenvalue weighted by Gasteiger charge is -2.17. The zero-order valence-electron chi connectivity index (χ0n) is 16.6. The highest BCUT2D eigenvalue weighted by atomic mass is 16.5. The summed E-state index contributed by atoms with van der Waals surface area (Å²) in [6.07, 6.45) is 0.864. The van der Waals surface area contributed by atoms with Gasteiger partial charge in [-0.1, -0.05) is 37.3 Å². The van der Waals surface area contributed by atoms with Gasteiger partial charge in [0.15, 0.2) is 0 Å². The molecule has 0 radical (unpaired) electrons. The maximum Gasteiger partial charge on any atom is 0.253 e. The third-order valence-corrected chi connectivity index (χ3v) is 4.47. The Morgan fingerprint density at radius 2 is 1.75 bits per heavy atom. The topological polar surface area (TPSA) is 55.3 Å². The second-order valence-electron chi connectivity index (χ2n) is 6.61. The Bertz CT molecular complexity index is 924. The number of carbonyl (C=O) groups excluding carboxylic acids is 1. The van der Waals surface area contributed by atoms with Gasteiger partial charge in [0.2, 0.25) is 0 Å². The van der Waals surface area contributed by atoms with Crippen molar-refractivity contribution in [3.8, 4) is 17.0 Å². The first-order chi connectivity index (χ1) is 13.6. The Kier molecular flexibility index (Phi) is 6.37. The Hall–Kier alpha value is -3.21. The first-order valence-electron chi connectivity index (χ1n) is 9.45. The molecule has 3 rings (SSSR count). The molecule has 5 heteroatoms. The molecule has 0 saturated heterocycles. The first kappa shape index (κ1) is 19.5. The molecule has 144 valence electrons. The van der Waals surface area contributed by atoms with E-state index in [-0.39, 0.29) is 5.91 Å². The average Bonchev–Trinajstić information content (AvgIpc) is 2.73. The molecule has 28 heavy (non-hydrogen) atoms. The minimum Gasteiger partial charge on any atom is -0.492 e. The molecular weight excluding hydrogens is 350 g/mol. The summed E-state index contributed by atoms with van der Waals surface area (Å²) in [6, 6.07) is 19.1. The Morgan fingerprint density at radius 3 is 2.43 bits per heavy atom. The quantitative estimate of drug-likeness (QED) is 0.622. The third kappa shape index (κ3) is 4.94. The van der Waals surface area contributed by atoms with Crippen LogP contribution in [0.4, 0.5) is 0 Å². The summed E-state index contributed by atoms with van der Waals surface area (Å²) < 4.78 is 5.66. The van der Waals surface area contributed by atoms with Crippen LogP contribution in [0, 0.1) is 6.92 Å². The highest BCUT2D eigenvalue weighted by Crippen LogP contribution is 2.19. The number of aryl methyl sites for hydroxylation is 2. The number of carbonyl (C=O) groups is 1. The fraction of sp³-hybridized carbons (Fsp3) is 0.261. The minimum atomic E-state index is -0.0312. The van der Waals surface area contributed by atoms with Crippen molar-refractivity contribution in [1.29, 1.82) is 0 Å². The van der Waals surface area contributed by atoms with Gasteiger partial charge in [-0.2, -0.15) is 0 Å². The summed E-state index contributed by atoms with van der Waals surface area (Å²) in [5.41, 5.74) is 3.52. The van der Waals surface area contributed by atoms with Crippen LogP contribution in [0.25, 0.3) is 11.3 Å². The molecule has 0 saturated carbocycles. The van der Waals surface area contributed by atoms with Crippen LogP contribution in [-0.4, -0.2) is 41.0 Å². The van der Waals surface area contributed by atoms with Gasteiger partial charge in [0.05, 0.1) is 12.2 Å². The smallest absolute Gasteiger partial charge is 0.253 e. The third-order valence-electron chi connectivity index (χ3n) is 4.47. The van der Waals surface area contributed by atoms with Gasteiger partial charge in [-0.25, -0.2) is 9.97 Å². The molecule has 0 aliphatic rings. The molecule has 3 aromatic rings. The van der Waals surface area contributed by atoms with Gasteiger partial charge in [-0.15, -0.1) is 0 Å². The molecule has 0 unspecified atom stereocenters. The summed E-state index contributed by atoms with van der Waals surface area (Å²) in [5.74, 6) is 1.53. The van der Waals surface area contributed by atoms with Crippen molar-refractivity contribution in [2.45, 2.75) is 20.3 Å². The summed E-state index contributed by atoms with van der Waals surface area (Å²) in [6.45, 7) is 4.93. The van der Waals surface area contributed by atoms with Crippen LogP contribution in [0.15, 0.2) is 60.7 Å². The number of likely N-dealkylation sites (N-methyl/N-ethyl adjacent to an activating group) is 1. The summed E-state index contributed by atoms with van der Waals surface area (Å²) in [7, 11) is 1.78. The van der Waals surface area contributed by atoms with Crippen molar-refractivity contribution in [1.82, 2.24) is 14.9 Å². The van der Waals surface area contributed by atoms with Gasteiger partial charge < -0.3 is 9.64 Å². The second-order valence-corrected chi connectivity index (χ2v) is 6.61. The Balaban J connectivity index is 1.62. The lowest BCUT2D eigenvalue weighted by atomic mass is 10.1. The predicted octanol–water partition coefficient (Wildman–Crippen LogP) is 4.17. The maximum atomic E-state index is 12.6. The number of ether oxygens (including phenoxy) is 1. The van der Waals surface area contributed by atoms with Crippen LogP contribution in [0.5, 0.6) is 5.75 Å². The van der Waals surface area contributed by atoms with Gasteiger partial charge in [-0.3, -0.25) is 4.79 Å². The van der Waals surface area contributed by atoms with Crippen molar-refractivity contribution in [3.05, 3.63) is 77.7 Å². The van der Waals surface area contributed by atoms with Crippen LogP contribution in [0.3, 0.4) is 0 Å². The molecule has 0 aliphatic heterocycles. The lowest BCUT2D eigenvalue weighted by Crippen LogP contribution is -2.30. The summed E-state index contributed by atoms with van der Waals surface area (Å²) in [5, 5.41) is 0. The first-order valence-corrected chi connectivity index (χ1v) is 9.45. The van der Waals surface area contributed by atoms with E-state index in [1.54, 1.807) is 11.9 Å². The largest absolute Gasteiger partial charge is 0.492 e. The maximum absolute atomic E-state index is 12.6. The molecule has 1 aromatic heterocycles. The van der Waals surface area contributed by atoms with E-state index in [0.29, 0.717) is 18.7 Å². The van der Waals surface area contributed by atoms with Crippen molar-refractivity contribution < 1.29 is 9.53 Å². The Labute approximate surface area is 166 Å².